The molecule has 7 nitrogen and oxygen atoms in total. The lowest BCUT2D eigenvalue weighted by Gasteiger charge is -2.06. The van der Waals surface area contributed by atoms with Crippen LogP contribution < -0.4 is 9.46 Å². The van der Waals surface area contributed by atoms with Gasteiger partial charge in [-0.1, -0.05) is 5.16 Å². The second kappa shape index (κ2) is 5.57. The van der Waals surface area contributed by atoms with Crippen LogP contribution in [0.2, 0.25) is 0 Å². The fourth-order valence-corrected chi connectivity index (χ4v) is 2.80. The van der Waals surface area contributed by atoms with Crippen molar-refractivity contribution in [3.63, 3.8) is 0 Å². The van der Waals surface area contributed by atoms with Gasteiger partial charge in [0.2, 0.25) is 10.9 Å². The predicted octanol–water partition coefficient (Wildman–Crippen LogP) is 2.74. The minimum atomic E-state index is -3.82. The number of furan rings is 1. The molecule has 0 aliphatic carbocycles. The number of hydrogen-bond donors (Lipinski definition) is 1. The number of benzene rings is 1. The first-order valence-electron chi connectivity index (χ1n) is 6.26. The van der Waals surface area contributed by atoms with Gasteiger partial charge in [0.15, 0.2) is 5.76 Å². The maximum absolute atomic E-state index is 12.3. The maximum Gasteiger partial charge on any atom is 0.295 e. The van der Waals surface area contributed by atoms with E-state index in [0.717, 1.165) is 0 Å². The van der Waals surface area contributed by atoms with Crippen molar-refractivity contribution in [1.82, 2.24) is 5.16 Å². The lowest BCUT2D eigenvalue weighted by atomic mass is 10.3. The molecule has 0 amide bonds. The van der Waals surface area contributed by atoms with E-state index in [1.54, 1.807) is 30.3 Å². The number of sulfonamides is 1. The van der Waals surface area contributed by atoms with Crippen molar-refractivity contribution in [3.05, 3.63) is 48.7 Å². The van der Waals surface area contributed by atoms with Crippen LogP contribution in [0.1, 0.15) is 0 Å². The molecule has 2 aromatic heterocycles. The minimum Gasteiger partial charge on any atom is -0.497 e. The van der Waals surface area contributed by atoms with E-state index in [9.17, 15) is 8.42 Å². The summed E-state index contributed by atoms with van der Waals surface area (Å²) in [5.41, 5.74) is 0.401. The number of methoxy groups -OCH3 is 1. The zero-order chi connectivity index (χ0) is 15.6. The van der Waals surface area contributed by atoms with E-state index in [1.165, 1.54) is 25.4 Å². The number of aromatic nitrogens is 1. The molecule has 0 fully saturated rings. The van der Waals surface area contributed by atoms with Crippen molar-refractivity contribution in [1.29, 1.82) is 0 Å². The van der Waals surface area contributed by atoms with Crippen molar-refractivity contribution < 1.29 is 22.1 Å². The first kappa shape index (κ1) is 14.2. The number of nitrogens with zero attached hydrogens (tertiary/aromatic N) is 1. The van der Waals surface area contributed by atoms with Crippen molar-refractivity contribution in [2.45, 2.75) is 5.09 Å². The topological polar surface area (TPSA) is 94.6 Å². The molecule has 114 valence electrons. The summed E-state index contributed by atoms with van der Waals surface area (Å²) in [5, 5.41) is 3.33. The fraction of sp³-hybridized carbons (Fsp3) is 0.0714. The maximum atomic E-state index is 12.3. The van der Waals surface area contributed by atoms with Crippen LogP contribution in [0.25, 0.3) is 11.5 Å². The number of anilines is 1. The molecule has 0 unspecified atom stereocenters. The second-order valence-electron chi connectivity index (χ2n) is 4.33. The van der Waals surface area contributed by atoms with Gasteiger partial charge in [0.25, 0.3) is 10.0 Å². The summed E-state index contributed by atoms with van der Waals surface area (Å²) < 4.78 is 42.2. The fourth-order valence-electron chi connectivity index (χ4n) is 1.80. The second-order valence-corrected chi connectivity index (χ2v) is 5.94. The molecule has 8 heteroatoms. The van der Waals surface area contributed by atoms with Gasteiger partial charge >= 0.3 is 0 Å². The Morgan fingerprint density at radius 1 is 1.05 bits per heavy atom. The van der Waals surface area contributed by atoms with Gasteiger partial charge in [0.1, 0.15) is 5.75 Å². The third-order valence-corrected chi connectivity index (χ3v) is 4.12. The summed E-state index contributed by atoms with van der Waals surface area (Å²) in [6.07, 6.45) is 1.45. The first-order valence-corrected chi connectivity index (χ1v) is 7.74. The van der Waals surface area contributed by atoms with Gasteiger partial charge in [0.05, 0.1) is 13.3 Å². The minimum absolute atomic E-state index is 0.213. The van der Waals surface area contributed by atoms with E-state index in [-0.39, 0.29) is 10.9 Å². The Morgan fingerprint density at radius 3 is 2.45 bits per heavy atom. The largest absolute Gasteiger partial charge is 0.497 e. The lowest BCUT2D eigenvalue weighted by Crippen LogP contribution is -2.11. The summed E-state index contributed by atoms with van der Waals surface area (Å²) in [4.78, 5) is 0. The Labute approximate surface area is 126 Å². The van der Waals surface area contributed by atoms with Crippen LogP contribution in [0.5, 0.6) is 5.75 Å². The Kier molecular flexibility index (Phi) is 3.60. The summed E-state index contributed by atoms with van der Waals surface area (Å²) in [6.45, 7) is 0. The molecule has 2 heterocycles. The van der Waals surface area contributed by atoms with Crippen LogP contribution in [0.3, 0.4) is 0 Å². The molecule has 22 heavy (non-hydrogen) atoms. The summed E-state index contributed by atoms with van der Waals surface area (Å²) in [6, 6.07) is 10.9. The summed E-state index contributed by atoms with van der Waals surface area (Å²) in [7, 11) is -2.29. The molecular formula is C14H12N2O5S. The van der Waals surface area contributed by atoms with E-state index in [2.05, 4.69) is 9.88 Å². The zero-order valence-electron chi connectivity index (χ0n) is 11.5. The summed E-state index contributed by atoms with van der Waals surface area (Å²) >= 11 is 0. The highest BCUT2D eigenvalue weighted by atomic mass is 32.2. The van der Waals surface area contributed by atoms with Crippen LogP contribution in [0, 0.1) is 0 Å². The lowest BCUT2D eigenvalue weighted by molar-refractivity contribution is 0.401. The third-order valence-electron chi connectivity index (χ3n) is 2.87. The highest BCUT2D eigenvalue weighted by Gasteiger charge is 2.20. The molecule has 0 atom stereocenters. The summed E-state index contributed by atoms with van der Waals surface area (Å²) in [5.74, 6) is 1.27. The molecule has 3 aromatic rings. The van der Waals surface area contributed by atoms with Crippen LogP contribution in [0.15, 0.2) is 62.7 Å². The Bertz CT molecular complexity index is 851. The van der Waals surface area contributed by atoms with Crippen molar-refractivity contribution in [3.8, 4) is 17.3 Å². The molecule has 0 aliphatic heterocycles. The molecule has 0 spiro atoms. The molecule has 0 saturated heterocycles. The Balaban J connectivity index is 1.83. The molecule has 0 bridgehead atoms. The van der Waals surface area contributed by atoms with Gasteiger partial charge in [-0.3, -0.25) is 4.72 Å². The normalized spacial score (nSPS) is 11.3. The van der Waals surface area contributed by atoms with Crippen LogP contribution in [-0.2, 0) is 10.0 Å². The number of rotatable bonds is 5. The monoisotopic (exact) mass is 320 g/mol. The van der Waals surface area contributed by atoms with Gasteiger partial charge in [-0.05, 0) is 36.4 Å². The zero-order valence-corrected chi connectivity index (χ0v) is 12.3. The van der Waals surface area contributed by atoms with Crippen LogP contribution in [-0.4, -0.2) is 20.7 Å². The SMILES string of the molecule is COc1ccc(NS(=O)(=O)c2ccc(-c3ccno3)o2)cc1. The molecule has 0 saturated carbocycles. The van der Waals surface area contributed by atoms with Crippen molar-refractivity contribution >= 4 is 15.7 Å². The molecular weight excluding hydrogens is 308 g/mol. The highest BCUT2D eigenvalue weighted by Crippen LogP contribution is 2.25. The third kappa shape index (κ3) is 2.82. The molecule has 0 aliphatic rings. The van der Waals surface area contributed by atoms with E-state index in [0.29, 0.717) is 17.2 Å². The standard InChI is InChI=1S/C14H12N2O5S/c1-19-11-4-2-10(3-5-11)16-22(17,18)14-7-6-12(20-14)13-8-9-15-21-13/h2-9,16H,1H3. The quantitative estimate of drug-likeness (QED) is 0.776. The van der Waals surface area contributed by atoms with Crippen LogP contribution in [0.4, 0.5) is 5.69 Å². The highest BCUT2D eigenvalue weighted by molar-refractivity contribution is 7.92. The van der Waals surface area contributed by atoms with Crippen LogP contribution >= 0.6 is 0 Å². The van der Waals surface area contributed by atoms with Gasteiger partial charge in [0, 0.05) is 11.8 Å². The van der Waals surface area contributed by atoms with Gasteiger partial charge in [-0.25, -0.2) is 0 Å². The van der Waals surface area contributed by atoms with Gasteiger partial charge < -0.3 is 13.7 Å². The molecule has 3 rings (SSSR count). The predicted molar refractivity (Wildman–Crippen MR) is 78.0 cm³/mol. The van der Waals surface area contributed by atoms with E-state index >= 15 is 0 Å². The first-order chi connectivity index (χ1) is 10.6. The van der Waals surface area contributed by atoms with E-state index in [1.807, 2.05) is 0 Å². The van der Waals surface area contributed by atoms with Crippen molar-refractivity contribution in [2.75, 3.05) is 11.8 Å². The number of ether oxygens (including phenoxy) is 1. The molecule has 1 N–H and O–H groups in total. The molecule has 0 radical (unpaired) electrons. The van der Waals surface area contributed by atoms with Crippen molar-refractivity contribution in [2.24, 2.45) is 0 Å². The number of nitrogens with one attached hydrogen (secondary N) is 1. The number of hydrogen-bond acceptors (Lipinski definition) is 6. The Morgan fingerprint density at radius 2 is 1.82 bits per heavy atom. The smallest absolute Gasteiger partial charge is 0.295 e. The average molecular weight is 320 g/mol. The molecule has 1 aromatic carbocycles. The Hall–Kier alpha value is -2.74. The van der Waals surface area contributed by atoms with Gasteiger partial charge in [-0.2, -0.15) is 8.42 Å². The average Bonchev–Trinajstić information content (AvgIpc) is 3.19. The van der Waals surface area contributed by atoms with Gasteiger partial charge in [-0.15, -0.1) is 0 Å². The van der Waals surface area contributed by atoms with E-state index in [4.69, 9.17) is 13.7 Å². The van der Waals surface area contributed by atoms with E-state index < -0.39 is 10.0 Å².